The first kappa shape index (κ1) is 17.4. The van der Waals surface area contributed by atoms with Crippen molar-refractivity contribution in [2.75, 3.05) is 12.0 Å². The summed E-state index contributed by atoms with van der Waals surface area (Å²) in [5, 5.41) is 13.7. The number of rotatable bonds is 5. The van der Waals surface area contributed by atoms with Crippen molar-refractivity contribution in [3.63, 3.8) is 0 Å². The normalized spacial score (nSPS) is 11.5. The van der Waals surface area contributed by atoms with Crippen molar-refractivity contribution < 1.29 is 4.74 Å². The number of fused-ring (bicyclic) bond motifs is 3. The third-order valence-electron chi connectivity index (χ3n) is 4.13. The molecule has 4 rings (SSSR count). The van der Waals surface area contributed by atoms with Gasteiger partial charge in [-0.15, -0.1) is 10.2 Å². The lowest BCUT2D eigenvalue weighted by atomic mass is 10.2. The van der Waals surface area contributed by atoms with E-state index in [2.05, 4.69) is 41.6 Å². The van der Waals surface area contributed by atoms with Gasteiger partial charge in [0.25, 0.3) is 5.95 Å². The van der Waals surface area contributed by atoms with Gasteiger partial charge in [-0.25, -0.2) is 5.43 Å². The Morgan fingerprint density at radius 1 is 1.19 bits per heavy atom. The number of anilines is 1. The number of benzene rings is 2. The molecule has 0 amide bonds. The number of ether oxygens (including phenoxy) is 1. The third-order valence-corrected chi connectivity index (χ3v) is 4.62. The molecule has 0 saturated carbocycles. The van der Waals surface area contributed by atoms with E-state index in [1.54, 1.807) is 6.21 Å². The maximum absolute atomic E-state index is 5.43. The second-order valence-corrected chi connectivity index (χ2v) is 6.82. The third kappa shape index (κ3) is 3.48. The van der Waals surface area contributed by atoms with Crippen molar-refractivity contribution in [2.24, 2.45) is 12.1 Å². The highest BCUT2D eigenvalue weighted by molar-refractivity contribution is 9.10. The Labute approximate surface area is 164 Å². The van der Waals surface area contributed by atoms with E-state index in [0.29, 0.717) is 12.6 Å². The van der Waals surface area contributed by atoms with Crippen LogP contribution in [-0.4, -0.2) is 32.6 Å². The minimum Gasteiger partial charge on any atom is -0.494 e. The summed E-state index contributed by atoms with van der Waals surface area (Å²) in [5.74, 6) is 1.18. The molecule has 0 unspecified atom stereocenters. The molecule has 27 heavy (non-hydrogen) atoms. The van der Waals surface area contributed by atoms with Gasteiger partial charge in [-0.3, -0.25) is 0 Å². The Kier molecular flexibility index (Phi) is 4.72. The molecule has 0 saturated heterocycles. The summed E-state index contributed by atoms with van der Waals surface area (Å²) >= 11 is 3.49. The summed E-state index contributed by atoms with van der Waals surface area (Å²) in [4.78, 5) is 4.54. The molecule has 0 radical (unpaired) electrons. The maximum Gasteiger partial charge on any atom is 0.265 e. The van der Waals surface area contributed by atoms with Gasteiger partial charge in [-0.1, -0.05) is 15.9 Å². The lowest BCUT2D eigenvalue weighted by molar-refractivity contribution is 0.340. The Morgan fingerprint density at radius 2 is 2.00 bits per heavy atom. The van der Waals surface area contributed by atoms with Gasteiger partial charge in [0.2, 0.25) is 0 Å². The Balaban J connectivity index is 1.57. The number of aryl methyl sites for hydroxylation is 1. The van der Waals surface area contributed by atoms with E-state index in [1.807, 2.05) is 61.0 Å². The summed E-state index contributed by atoms with van der Waals surface area (Å²) < 4.78 is 8.41. The Morgan fingerprint density at radius 3 is 2.78 bits per heavy atom. The van der Waals surface area contributed by atoms with Gasteiger partial charge >= 0.3 is 0 Å². The van der Waals surface area contributed by atoms with Crippen molar-refractivity contribution in [2.45, 2.75) is 6.92 Å². The van der Waals surface area contributed by atoms with Crippen LogP contribution in [0.5, 0.6) is 5.75 Å². The van der Waals surface area contributed by atoms with Crippen LogP contribution < -0.4 is 10.2 Å². The summed E-state index contributed by atoms with van der Waals surface area (Å²) in [5.41, 5.74) is 6.33. The zero-order valence-electron chi connectivity index (χ0n) is 14.8. The average Bonchev–Trinajstić information content (AvgIpc) is 2.95. The second-order valence-electron chi connectivity index (χ2n) is 5.90. The molecule has 0 spiro atoms. The lowest BCUT2D eigenvalue weighted by Gasteiger charge is -2.02. The van der Waals surface area contributed by atoms with Crippen LogP contribution in [-0.2, 0) is 7.05 Å². The number of nitrogens with zero attached hydrogens (tertiary/aromatic N) is 5. The Bertz CT molecular complexity index is 1140. The van der Waals surface area contributed by atoms with Crippen molar-refractivity contribution in [1.29, 1.82) is 0 Å². The molecule has 4 aromatic rings. The largest absolute Gasteiger partial charge is 0.494 e. The van der Waals surface area contributed by atoms with Gasteiger partial charge in [-0.05, 0) is 55.0 Å². The standard InChI is InChI=1S/C19H17BrN6O/c1-3-27-14-7-4-12(5-8-14)11-21-24-19-22-18-17(23-25-19)15-10-13(20)6-9-16(15)26(18)2/h4-11H,3H2,1-2H3,(H,22,24,25)/b21-11+. The predicted octanol–water partition coefficient (Wildman–Crippen LogP) is 4.12. The topological polar surface area (TPSA) is 77.2 Å². The maximum atomic E-state index is 5.43. The minimum absolute atomic E-state index is 0.342. The highest BCUT2D eigenvalue weighted by Gasteiger charge is 2.12. The van der Waals surface area contributed by atoms with Gasteiger partial charge < -0.3 is 9.30 Å². The van der Waals surface area contributed by atoms with Crippen molar-refractivity contribution in [3.05, 3.63) is 52.5 Å². The first-order valence-electron chi connectivity index (χ1n) is 8.46. The van der Waals surface area contributed by atoms with E-state index in [1.165, 1.54) is 0 Å². The fourth-order valence-electron chi connectivity index (χ4n) is 2.86. The molecule has 0 atom stereocenters. The smallest absolute Gasteiger partial charge is 0.265 e. The molecule has 8 heteroatoms. The zero-order chi connectivity index (χ0) is 18.8. The van der Waals surface area contributed by atoms with Gasteiger partial charge in [0.15, 0.2) is 5.65 Å². The summed E-state index contributed by atoms with van der Waals surface area (Å²) in [6.07, 6.45) is 1.70. The molecule has 1 N–H and O–H groups in total. The van der Waals surface area contributed by atoms with Crippen LogP contribution in [0.15, 0.2) is 52.0 Å². The predicted molar refractivity (Wildman–Crippen MR) is 110 cm³/mol. The fraction of sp³-hybridized carbons (Fsp3) is 0.158. The quantitative estimate of drug-likeness (QED) is 0.385. The van der Waals surface area contributed by atoms with Crippen LogP contribution in [0.1, 0.15) is 12.5 Å². The first-order chi connectivity index (χ1) is 13.2. The highest BCUT2D eigenvalue weighted by Crippen LogP contribution is 2.28. The number of nitrogens with one attached hydrogen (secondary N) is 1. The van der Waals surface area contributed by atoms with Gasteiger partial charge in [0.05, 0.1) is 18.3 Å². The molecule has 0 fully saturated rings. The Hall–Kier alpha value is -3.00. The summed E-state index contributed by atoms with van der Waals surface area (Å²) in [7, 11) is 1.96. The fourth-order valence-corrected chi connectivity index (χ4v) is 3.22. The van der Waals surface area contributed by atoms with E-state index in [4.69, 9.17) is 4.74 Å². The van der Waals surface area contributed by atoms with Crippen molar-refractivity contribution >= 4 is 50.2 Å². The van der Waals surface area contributed by atoms with Crippen LogP contribution in [0.4, 0.5) is 5.95 Å². The number of hydrogen-bond donors (Lipinski definition) is 1. The SMILES string of the molecule is CCOc1ccc(/C=N/Nc2nnc3c4cc(Br)ccc4n(C)c3n2)cc1. The van der Waals surface area contributed by atoms with Crippen LogP contribution in [0.2, 0.25) is 0 Å². The number of hydrazone groups is 1. The second kappa shape index (κ2) is 7.32. The highest BCUT2D eigenvalue weighted by atomic mass is 79.9. The zero-order valence-corrected chi connectivity index (χ0v) is 16.4. The first-order valence-corrected chi connectivity index (χ1v) is 9.25. The van der Waals surface area contributed by atoms with Crippen LogP contribution in [0, 0.1) is 0 Å². The average molecular weight is 425 g/mol. The van der Waals surface area contributed by atoms with Gasteiger partial charge in [0.1, 0.15) is 11.3 Å². The van der Waals surface area contributed by atoms with E-state index < -0.39 is 0 Å². The van der Waals surface area contributed by atoms with Crippen LogP contribution >= 0.6 is 15.9 Å². The van der Waals surface area contributed by atoms with E-state index in [-0.39, 0.29) is 0 Å². The van der Waals surface area contributed by atoms with Crippen molar-refractivity contribution in [3.8, 4) is 5.75 Å². The van der Waals surface area contributed by atoms with Gasteiger partial charge in [0, 0.05) is 16.9 Å². The van der Waals surface area contributed by atoms with Crippen molar-refractivity contribution in [1.82, 2.24) is 19.7 Å². The molecule has 0 aliphatic heterocycles. The molecule has 0 bridgehead atoms. The molecule has 0 aliphatic rings. The monoisotopic (exact) mass is 424 g/mol. The minimum atomic E-state index is 0.342. The number of hydrogen-bond acceptors (Lipinski definition) is 6. The molecule has 136 valence electrons. The van der Waals surface area contributed by atoms with E-state index >= 15 is 0 Å². The number of halogens is 1. The number of aromatic nitrogens is 4. The molecule has 7 nitrogen and oxygen atoms in total. The summed E-state index contributed by atoms with van der Waals surface area (Å²) in [6, 6.07) is 13.7. The van der Waals surface area contributed by atoms with Gasteiger partial charge in [-0.2, -0.15) is 10.1 Å². The van der Waals surface area contributed by atoms with Crippen LogP contribution in [0.25, 0.3) is 22.1 Å². The molecule has 2 aromatic carbocycles. The summed E-state index contributed by atoms with van der Waals surface area (Å²) in [6.45, 7) is 2.60. The van der Waals surface area contributed by atoms with E-state index in [9.17, 15) is 0 Å². The lowest BCUT2D eigenvalue weighted by Crippen LogP contribution is -2.00. The molecular formula is C19H17BrN6O. The molecule has 0 aliphatic carbocycles. The molecule has 2 heterocycles. The van der Waals surface area contributed by atoms with Crippen LogP contribution in [0.3, 0.4) is 0 Å². The molecule has 2 aromatic heterocycles. The van der Waals surface area contributed by atoms with E-state index in [0.717, 1.165) is 37.9 Å². The molecular weight excluding hydrogens is 408 g/mol.